The van der Waals surface area contributed by atoms with Crippen LogP contribution >= 0.6 is 28.1 Å². The van der Waals surface area contributed by atoms with Crippen LogP contribution in [0.5, 0.6) is 0 Å². The number of hydrogen-bond acceptors (Lipinski definition) is 3. The first kappa shape index (κ1) is 13.6. The molecule has 0 amide bonds. The van der Waals surface area contributed by atoms with Gasteiger partial charge in [-0.25, -0.2) is 4.79 Å². The molecule has 1 rings (SSSR count). The fourth-order valence-corrected chi connectivity index (χ4v) is 1.88. The number of rotatable bonds is 3. The van der Waals surface area contributed by atoms with E-state index in [-0.39, 0.29) is 16.4 Å². The molecule has 0 aliphatic carbocycles. The molecule has 0 spiro atoms. The molecule has 0 radical (unpaired) electrons. The van der Waals surface area contributed by atoms with E-state index in [1.807, 2.05) is 0 Å². The molecule has 0 atom stereocenters. The van der Waals surface area contributed by atoms with Crippen LogP contribution in [0.2, 0.25) is 0 Å². The lowest BCUT2D eigenvalue weighted by Gasteiger charge is -2.12. The third-order valence-electron chi connectivity index (χ3n) is 2.01. The number of hydrogen-bond donors (Lipinski definition) is 3. The van der Waals surface area contributed by atoms with Gasteiger partial charge in [0.05, 0.1) is 11.3 Å². The smallest absolute Gasteiger partial charge is 0.377 e. The van der Waals surface area contributed by atoms with Crippen molar-refractivity contribution in [2.75, 3.05) is 5.32 Å². The molecular formula is C10H9BrN2O3S. The van der Waals surface area contributed by atoms with E-state index in [1.54, 1.807) is 19.1 Å². The van der Waals surface area contributed by atoms with Crippen LogP contribution in [0.1, 0.15) is 15.9 Å². The van der Waals surface area contributed by atoms with Crippen LogP contribution in [-0.2, 0) is 4.79 Å². The van der Waals surface area contributed by atoms with E-state index < -0.39 is 11.8 Å². The number of anilines is 1. The Morgan fingerprint density at radius 2 is 2.06 bits per heavy atom. The third kappa shape index (κ3) is 3.01. The van der Waals surface area contributed by atoms with Crippen LogP contribution in [0.4, 0.5) is 5.69 Å². The van der Waals surface area contributed by atoms with E-state index >= 15 is 0 Å². The first-order valence-corrected chi connectivity index (χ1v) is 5.68. The molecule has 1 aromatic rings. The highest BCUT2D eigenvalue weighted by atomic mass is 79.9. The topological polar surface area (TPSA) is 92.4 Å². The molecule has 1 aromatic carbocycles. The number of ketones is 1. The van der Waals surface area contributed by atoms with Crippen molar-refractivity contribution in [1.82, 2.24) is 0 Å². The lowest BCUT2D eigenvalue weighted by atomic mass is 10.1. The minimum absolute atomic E-state index is 0.00491. The van der Waals surface area contributed by atoms with Gasteiger partial charge in [0.15, 0.2) is 5.11 Å². The first-order chi connectivity index (χ1) is 7.84. The second kappa shape index (κ2) is 5.24. The maximum atomic E-state index is 11.6. The number of carboxylic acid groups (broad SMARTS) is 1. The fourth-order valence-electron chi connectivity index (χ4n) is 1.25. The highest BCUT2D eigenvalue weighted by Gasteiger charge is 2.22. The Balaban J connectivity index is 3.41. The van der Waals surface area contributed by atoms with Gasteiger partial charge in [0.2, 0.25) is 0 Å². The standard InChI is InChI=1S/C10H9BrN2O3S/c1-4-2-3-5(13-10(12)17)6(7(4)11)8(14)9(15)16/h2-3H,1H3,(H,15,16)(H3,12,13,17). The van der Waals surface area contributed by atoms with Gasteiger partial charge in [-0.05, 0) is 46.7 Å². The van der Waals surface area contributed by atoms with Crippen LogP contribution in [-0.4, -0.2) is 22.0 Å². The monoisotopic (exact) mass is 316 g/mol. The molecule has 0 aliphatic heterocycles. The number of aryl methyl sites for hydroxylation is 1. The van der Waals surface area contributed by atoms with Crippen LogP contribution in [0.15, 0.2) is 16.6 Å². The zero-order valence-electron chi connectivity index (χ0n) is 8.78. The molecule has 0 fully saturated rings. The van der Waals surface area contributed by atoms with E-state index in [2.05, 4.69) is 33.5 Å². The molecule has 5 nitrogen and oxygen atoms in total. The number of carboxylic acids is 1. The summed E-state index contributed by atoms with van der Waals surface area (Å²) in [4.78, 5) is 22.3. The molecule has 0 saturated heterocycles. The van der Waals surface area contributed by atoms with Crippen molar-refractivity contribution < 1.29 is 14.7 Å². The Bertz CT molecular complexity index is 517. The van der Waals surface area contributed by atoms with Gasteiger partial charge in [0.25, 0.3) is 5.78 Å². The Hall–Kier alpha value is -1.47. The molecule has 0 saturated carbocycles. The summed E-state index contributed by atoms with van der Waals surface area (Å²) in [5.41, 5.74) is 6.31. The molecule has 0 heterocycles. The number of nitrogens with one attached hydrogen (secondary N) is 1. The summed E-state index contributed by atoms with van der Waals surface area (Å²) >= 11 is 7.84. The molecule has 0 bridgehead atoms. The van der Waals surface area contributed by atoms with Crippen LogP contribution in [0.3, 0.4) is 0 Å². The van der Waals surface area contributed by atoms with Gasteiger partial charge in [-0.15, -0.1) is 0 Å². The van der Waals surface area contributed by atoms with Gasteiger partial charge >= 0.3 is 5.97 Å². The second-order valence-corrected chi connectivity index (χ2v) is 4.48. The average Bonchev–Trinajstić information content (AvgIpc) is 2.22. The van der Waals surface area contributed by atoms with Crippen molar-refractivity contribution in [1.29, 1.82) is 0 Å². The largest absolute Gasteiger partial charge is 0.475 e. The van der Waals surface area contributed by atoms with Crippen molar-refractivity contribution in [2.45, 2.75) is 6.92 Å². The molecular weight excluding hydrogens is 308 g/mol. The van der Waals surface area contributed by atoms with Gasteiger partial charge < -0.3 is 16.2 Å². The van der Waals surface area contributed by atoms with E-state index in [4.69, 9.17) is 10.8 Å². The van der Waals surface area contributed by atoms with Crippen LogP contribution < -0.4 is 11.1 Å². The minimum atomic E-state index is -1.54. The zero-order chi connectivity index (χ0) is 13.2. The fraction of sp³-hybridized carbons (Fsp3) is 0.100. The maximum absolute atomic E-state index is 11.6. The average molecular weight is 317 g/mol. The number of Topliss-reactive ketones (excluding diaryl/α,β-unsaturated/α-hetero) is 1. The van der Waals surface area contributed by atoms with Crippen LogP contribution in [0.25, 0.3) is 0 Å². The molecule has 0 aliphatic rings. The normalized spacial score (nSPS) is 9.76. The Morgan fingerprint density at radius 1 is 1.47 bits per heavy atom. The predicted molar refractivity (Wildman–Crippen MR) is 71.3 cm³/mol. The molecule has 0 aromatic heterocycles. The zero-order valence-corrected chi connectivity index (χ0v) is 11.2. The van der Waals surface area contributed by atoms with Gasteiger partial charge in [-0.3, -0.25) is 4.79 Å². The summed E-state index contributed by atoms with van der Waals surface area (Å²) in [6.45, 7) is 1.74. The molecule has 4 N–H and O–H groups in total. The number of carbonyl (C=O) groups excluding carboxylic acids is 1. The summed E-state index contributed by atoms with van der Waals surface area (Å²) in [6, 6.07) is 3.26. The Labute approximate surface area is 111 Å². The maximum Gasteiger partial charge on any atom is 0.377 e. The van der Waals surface area contributed by atoms with Gasteiger partial charge in [-0.2, -0.15) is 0 Å². The van der Waals surface area contributed by atoms with Crippen molar-refractivity contribution in [3.05, 3.63) is 27.7 Å². The third-order valence-corrected chi connectivity index (χ3v) is 3.14. The van der Waals surface area contributed by atoms with Crippen molar-refractivity contribution >= 4 is 50.7 Å². The van der Waals surface area contributed by atoms with Crippen molar-refractivity contribution in [3.8, 4) is 0 Å². The lowest BCUT2D eigenvalue weighted by Crippen LogP contribution is -2.23. The lowest BCUT2D eigenvalue weighted by molar-refractivity contribution is -0.131. The Morgan fingerprint density at radius 3 is 2.53 bits per heavy atom. The van der Waals surface area contributed by atoms with Crippen LogP contribution in [0, 0.1) is 6.92 Å². The molecule has 17 heavy (non-hydrogen) atoms. The van der Waals surface area contributed by atoms with E-state index in [1.165, 1.54) is 0 Å². The SMILES string of the molecule is Cc1ccc(NC(N)=S)c(C(=O)C(=O)O)c1Br. The van der Waals surface area contributed by atoms with Crippen molar-refractivity contribution in [3.63, 3.8) is 0 Å². The minimum Gasteiger partial charge on any atom is -0.475 e. The second-order valence-electron chi connectivity index (χ2n) is 3.24. The molecule has 0 unspecified atom stereocenters. The predicted octanol–water partition coefficient (Wildman–Crippen LogP) is 1.68. The van der Waals surface area contributed by atoms with E-state index in [0.29, 0.717) is 4.47 Å². The van der Waals surface area contributed by atoms with Crippen molar-refractivity contribution in [2.24, 2.45) is 5.73 Å². The quantitative estimate of drug-likeness (QED) is 0.446. The summed E-state index contributed by atoms with van der Waals surface area (Å²) in [7, 11) is 0. The summed E-state index contributed by atoms with van der Waals surface area (Å²) in [6.07, 6.45) is 0. The van der Waals surface area contributed by atoms with E-state index in [9.17, 15) is 9.59 Å². The highest BCUT2D eigenvalue weighted by molar-refractivity contribution is 9.10. The van der Waals surface area contributed by atoms with E-state index in [0.717, 1.165) is 5.56 Å². The van der Waals surface area contributed by atoms with Gasteiger partial charge in [-0.1, -0.05) is 6.07 Å². The molecule has 7 heteroatoms. The number of benzene rings is 1. The number of nitrogens with two attached hydrogens (primary N) is 1. The number of aliphatic carboxylic acids is 1. The van der Waals surface area contributed by atoms with Gasteiger partial charge in [0.1, 0.15) is 0 Å². The number of thiocarbonyl (C=S) groups is 1. The van der Waals surface area contributed by atoms with Gasteiger partial charge in [0, 0.05) is 4.47 Å². The first-order valence-electron chi connectivity index (χ1n) is 4.47. The highest BCUT2D eigenvalue weighted by Crippen LogP contribution is 2.28. The summed E-state index contributed by atoms with van der Waals surface area (Å²) in [5, 5.41) is 11.3. The summed E-state index contributed by atoms with van der Waals surface area (Å²) in [5.74, 6) is -2.57. The Kier molecular flexibility index (Phi) is 4.19. The molecule has 90 valence electrons. The number of halogens is 1. The number of carbonyl (C=O) groups is 2. The summed E-state index contributed by atoms with van der Waals surface area (Å²) < 4.78 is 0.408.